The molecule has 0 aliphatic rings. The maximum Gasteiger partial charge on any atom is 0.472 e. The van der Waals surface area contributed by atoms with Crippen molar-refractivity contribution < 1.29 is 52.2 Å². The molecule has 11 nitrogen and oxygen atoms in total. The largest absolute Gasteiger partial charge is 0.472 e. The molecule has 436 valence electrons. The highest BCUT2D eigenvalue weighted by Gasteiger charge is 2.28. The summed E-state index contributed by atoms with van der Waals surface area (Å²) in [7, 11) is -4.80. The summed E-state index contributed by atoms with van der Waals surface area (Å²) < 4.78 is 39.4. The molecule has 0 aliphatic carbocycles. The van der Waals surface area contributed by atoms with E-state index >= 15 is 0 Å². The maximum absolute atomic E-state index is 12.9. The van der Waals surface area contributed by atoms with Crippen LogP contribution in [-0.4, -0.2) is 66.5 Å². The first-order chi connectivity index (χ1) is 38.2. The molecule has 0 aromatic heterocycles. The van der Waals surface area contributed by atoms with E-state index in [-0.39, 0.29) is 19.3 Å². The summed E-state index contributed by atoms with van der Waals surface area (Å²) in [6.07, 6.45) is 77.6. The molecule has 12 heteroatoms. The lowest BCUT2D eigenvalue weighted by Crippen LogP contribution is -2.30. The molecule has 0 radical (unpaired) electrons. The summed E-state index contributed by atoms with van der Waals surface area (Å²) in [4.78, 5) is 48.5. The molecule has 78 heavy (non-hydrogen) atoms. The van der Waals surface area contributed by atoms with Crippen LogP contribution in [0.25, 0.3) is 0 Å². The number of unbranched alkanes of at least 4 members (excludes halogenated alkanes) is 6. The van der Waals surface area contributed by atoms with Gasteiger partial charge in [0.15, 0.2) is 6.10 Å². The zero-order valence-electron chi connectivity index (χ0n) is 48.0. The van der Waals surface area contributed by atoms with Crippen molar-refractivity contribution in [1.82, 2.24) is 0 Å². The van der Waals surface area contributed by atoms with Gasteiger partial charge in [-0.15, -0.1) is 0 Å². The van der Waals surface area contributed by atoms with Crippen LogP contribution in [0.1, 0.15) is 188 Å². The van der Waals surface area contributed by atoms with Gasteiger partial charge in [0.05, 0.1) is 19.8 Å². The Morgan fingerprint density at radius 3 is 1.05 bits per heavy atom. The highest BCUT2D eigenvalue weighted by Crippen LogP contribution is 2.43. The molecule has 0 bridgehead atoms. The van der Waals surface area contributed by atoms with E-state index in [0.29, 0.717) is 25.7 Å². The van der Waals surface area contributed by atoms with Crippen LogP contribution in [0, 0.1) is 0 Å². The molecule has 0 amide bonds. The van der Waals surface area contributed by atoms with Gasteiger partial charge in [-0.1, -0.05) is 204 Å². The first-order valence-electron chi connectivity index (χ1n) is 29.0. The smallest absolute Gasteiger partial charge is 0.462 e. The molecule has 0 heterocycles. The highest BCUT2D eigenvalue weighted by atomic mass is 31.2. The van der Waals surface area contributed by atoms with E-state index in [0.717, 1.165) is 122 Å². The third-order valence-corrected chi connectivity index (χ3v) is 12.1. The number of aliphatic hydroxyl groups is 1. The first-order valence-corrected chi connectivity index (χ1v) is 30.5. The molecule has 3 unspecified atom stereocenters. The van der Waals surface area contributed by atoms with Crippen molar-refractivity contribution in [2.75, 3.05) is 26.4 Å². The summed E-state index contributed by atoms with van der Waals surface area (Å²) >= 11 is 0. The van der Waals surface area contributed by atoms with Gasteiger partial charge in [0, 0.05) is 19.3 Å². The van der Waals surface area contributed by atoms with E-state index in [1.165, 1.54) is 0 Å². The van der Waals surface area contributed by atoms with Gasteiger partial charge in [0.2, 0.25) is 0 Å². The number of phosphoric acid groups is 1. The Kier molecular flexibility index (Phi) is 54.2. The molecule has 0 saturated carbocycles. The second kappa shape index (κ2) is 58.0. The second-order valence-electron chi connectivity index (χ2n) is 18.3. The average molecular weight is 1100 g/mol. The summed E-state index contributed by atoms with van der Waals surface area (Å²) in [6.45, 7) is 4.11. The number of carbonyl (C=O) groups is 3. The van der Waals surface area contributed by atoms with E-state index in [1.54, 1.807) is 0 Å². The fraction of sp³-hybridized carbons (Fsp3) is 0.530. The first kappa shape index (κ1) is 72.8. The highest BCUT2D eigenvalue weighted by molar-refractivity contribution is 7.47. The lowest BCUT2D eigenvalue weighted by molar-refractivity contribution is -0.161. The lowest BCUT2D eigenvalue weighted by atomic mass is 10.1. The van der Waals surface area contributed by atoms with E-state index in [2.05, 4.69) is 179 Å². The van der Waals surface area contributed by atoms with Crippen LogP contribution in [0.15, 0.2) is 170 Å². The van der Waals surface area contributed by atoms with Crippen LogP contribution in [0.4, 0.5) is 0 Å². The van der Waals surface area contributed by atoms with Gasteiger partial charge < -0.3 is 24.2 Å². The third kappa shape index (κ3) is 55.6. The van der Waals surface area contributed by atoms with Crippen molar-refractivity contribution in [3.8, 4) is 0 Å². The Morgan fingerprint density at radius 2 is 0.654 bits per heavy atom. The molecule has 0 aromatic rings. The minimum absolute atomic E-state index is 0.0206. The minimum atomic E-state index is -4.80. The van der Waals surface area contributed by atoms with E-state index in [4.69, 9.17) is 23.3 Å². The number of phosphoric ester groups is 1. The number of hydrogen-bond donors (Lipinski definition) is 2. The zero-order valence-corrected chi connectivity index (χ0v) is 48.9. The van der Waals surface area contributed by atoms with E-state index < -0.39 is 64.4 Å². The Balaban J connectivity index is 4.93. The van der Waals surface area contributed by atoms with Gasteiger partial charge in [-0.25, -0.2) is 4.57 Å². The molecule has 3 atom stereocenters. The Bertz CT molecular complexity index is 1960. The lowest BCUT2D eigenvalue weighted by Gasteiger charge is -2.21. The zero-order chi connectivity index (χ0) is 56.9. The average Bonchev–Trinajstić information content (AvgIpc) is 3.43. The minimum Gasteiger partial charge on any atom is -0.462 e. The van der Waals surface area contributed by atoms with Gasteiger partial charge in [-0.3, -0.25) is 23.4 Å². The van der Waals surface area contributed by atoms with Crippen LogP contribution < -0.4 is 0 Å². The molecular weight excluding hydrogens is 1000 g/mol. The van der Waals surface area contributed by atoms with Gasteiger partial charge in [-0.05, 0) is 135 Å². The number of carbonyl (C=O) groups excluding carboxylic acids is 3. The monoisotopic (exact) mass is 1100 g/mol. The SMILES string of the molecule is CC/C=C\C/C=C\C/C=C\C/C=C\C/C=C\C/C=C\CCC(=O)OC(COC(=O)CCCC/C=C\C/C=C\C/C=C\C/C=C\CC)COP(=O)(O)OCC(CO)OC(=O)CCCCCC/C=C\C/C=C\C/C=C\C/C=C\CC. The molecule has 2 N–H and O–H groups in total. The number of rotatable bonds is 51. The van der Waals surface area contributed by atoms with Crippen LogP contribution in [-0.2, 0) is 42.2 Å². The second-order valence-corrected chi connectivity index (χ2v) is 19.8. The third-order valence-electron chi connectivity index (χ3n) is 11.1. The molecule has 0 aliphatic heterocycles. The van der Waals surface area contributed by atoms with Gasteiger partial charge in [0.25, 0.3) is 0 Å². The predicted octanol–water partition coefficient (Wildman–Crippen LogP) is 17.5. The molecule has 0 saturated heterocycles. The summed E-state index contributed by atoms with van der Waals surface area (Å²) in [5.74, 6) is -1.67. The Labute approximate surface area is 472 Å². The Morgan fingerprint density at radius 1 is 0.359 bits per heavy atom. The van der Waals surface area contributed by atoms with Crippen molar-refractivity contribution in [3.05, 3.63) is 170 Å². The van der Waals surface area contributed by atoms with Crippen molar-refractivity contribution in [3.63, 3.8) is 0 Å². The van der Waals surface area contributed by atoms with Crippen molar-refractivity contribution in [2.24, 2.45) is 0 Å². The number of ether oxygens (including phenoxy) is 3. The quantitative estimate of drug-likeness (QED) is 0.0197. The van der Waals surface area contributed by atoms with Crippen molar-refractivity contribution in [2.45, 2.75) is 200 Å². The summed E-state index contributed by atoms with van der Waals surface area (Å²) in [6, 6.07) is 0. The van der Waals surface area contributed by atoms with E-state index in [9.17, 15) is 28.9 Å². The number of esters is 3. The fourth-order valence-corrected chi connectivity index (χ4v) is 7.62. The topological polar surface area (TPSA) is 155 Å². The number of hydrogen-bond acceptors (Lipinski definition) is 10. The number of aliphatic hydroxyl groups excluding tert-OH is 1. The normalized spacial score (nSPS) is 14.6. The molecule has 0 spiro atoms. The Hall–Kier alpha value is -5.16. The van der Waals surface area contributed by atoms with E-state index in [1.807, 2.05) is 12.2 Å². The van der Waals surface area contributed by atoms with Crippen molar-refractivity contribution in [1.29, 1.82) is 0 Å². The molecule has 0 fully saturated rings. The van der Waals surface area contributed by atoms with Crippen LogP contribution >= 0.6 is 7.82 Å². The van der Waals surface area contributed by atoms with Crippen LogP contribution in [0.5, 0.6) is 0 Å². The molecule has 0 rings (SSSR count). The molecule has 0 aromatic carbocycles. The van der Waals surface area contributed by atoms with Gasteiger partial charge in [-0.2, -0.15) is 0 Å². The van der Waals surface area contributed by atoms with Crippen LogP contribution in [0.3, 0.4) is 0 Å². The van der Waals surface area contributed by atoms with Gasteiger partial charge in [0.1, 0.15) is 12.7 Å². The van der Waals surface area contributed by atoms with Crippen molar-refractivity contribution >= 4 is 25.7 Å². The molecular formula is C66H101O11P. The number of allylic oxidation sites excluding steroid dienone is 28. The summed E-state index contributed by atoms with van der Waals surface area (Å²) in [5, 5.41) is 9.82. The predicted molar refractivity (Wildman–Crippen MR) is 325 cm³/mol. The van der Waals surface area contributed by atoms with Gasteiger partial charge >= 0.3 is 25.7 Å². The fourth-order valence-electron chi connectivity index (χ4n) is 6.83. The maximum atomic E-state index is 12.9. The standard InChI is InChI=1S/C66H101O11P/c1-4-7-10-13-16-19-22-25-28-30-31-33-36-39-42-45-48-51-54-57-66(70)77-63(59-73-64(68)55-52-49-46-43-40-37-34-27-24-21-18-15-12-9-6-3)61-75-78(71,72)74-60-62(58-67)76-65(69)56-53-50-47-44-41-38-35-32-29-26-23-20-17-14-11-8-5-2/h7-12,16-21,25-29,31,33-35,38-40,42-43,48,51,62-63,67H,4-6,13-15,22-24,30,32,36-37,41,44-47,49-50,52-61H2,1-3H3,(H,71,72)/b10-7-,11-8-,12-9-,19-16-,20-17-,21-18-,28-25-,29-26-,33-31-,34-27-,38-35-,42-39-,43-40-,51-48-. The van der Waals surface area contributed by atoms with Crippen LogP contribution in [0.2, 0.25) is 0 Å². The summed E-state index contributed by atoms with van der Waals surface area (Å²) in [5.41, 5.74) is 0.